The number of anilines is 1. The average molecular weight is 590 g/mol. The van der Waals surface area contributed by atoms with Crippen LogP contribution in [-0.4, -0.2) is 69.6 Å². The molecule has 3 saturated carbocycles. The maximum atomic E-state index is 14.0. The normalized spacial score (nSPS) is 25.6. The maximum absolute atomic E-state index is 14.0. The van der Waals surface area contributed by atoms with Crippen molar-refractivity contribution in [3.63, 3.8) is 0 Å². The monoisotopic (exact) mass is 589 g/mol. The number of aromatic nitrogens is 3. The Morgan fingerprint density at radius 1 is 0.977 bits per heavy atom. The Hall–Kier alpha value is -3.27. The molecule has 0 spiro atoms. The lowest BCUT2D eigenvalue weighted by Crippen LogP contribution is -2.54. The smallest absolute Gasteiger partial charge is 0.270 e. The van der Waals surface area contributed by atoms with Gasteiger partial charge in [-0.15, -0.1) is 0 Å². The van der Waals surface area contributed by atoms with Gasteiger partial charge in [-0.25, -0.2) is 4.98 Å². The van der Waals surface area contributed by atoms with Gasteiger partial charge in [-0.1, -0.05) is 38.7 Å². The van der Waals surface area contributed by atoms with E-state index in [1.807, 2.05) is 13.1 Å². The van der Waals surface area contributed by atoms with Crippen LogP contribution in [0.1, 0.15) is 87.7 Å². The zero-order valence-corrected chi connectivity index (χ0v) is 26.1. The Kier molecular flexibility index (Phi) is 8.08. The lowest BCUT2D eigenvalue weighted by Gasteiger charge is -2.42. The topological polar surface area (TPSA) is 121 Å². The first kappa shape index (κ1) is 29.8. The maximum Gasteiger partial charge on any atom is 0.270 e. The summed E-state index contributed by atoms with van der Waals surface area (Å²) in [6.07, 6.45) is 13.1. The van der Waals surface area contributed by atoms with Gasteiger partial charge in [0.05, 0.1) is 5.41 Å². The molecule has 3 heterocycles. The fraction of sp³-hybridized carbons (Fsp3) is 0.667. The summed E-state index contributed by atoms with van der Waals surface area (Å²) in [6, 6.07) is 4.87. The molecule has 3 unspecified atom stereocenters. The van der Waals surface area contributed by atoms with Crippen LogP contribution in [0, 0.1) is 23.2 Å². The number of nitrogens with one attached hydrogen (secondary N) is 3. The van der Waals surface area contributed by atoms with Gasteiger partial charge in [0.25, 0.3) is 5.91 Å². The molecule has 3 amide bonds. The highest BCUT2D eigenvalue weighted by Crippen LogP contribution is 2.58. The third-order valence-electron chi connectivity index (χ3n) is 11.2. The first-order valence-corrected chi connectivity index (χ1v) is 16.2. The molecule has 4 aliphatic rings. The minimum atomic E-state index is -0.685. The zero-order valence-electron chi connectivity index (χ0n) is 26.1. The van der Waals surface area contributed by atoms with Crippen molar-refractivity contribution in [3.05, 3.63) is 41.9 Å². The molecular weight excluding hydrogens is 542 g/mol. The molecule has 6 rings (SSSR count). The van der Waals surface area contributed by atoms with Crippen molar-refractivity contribution in [1.29, 1.82) is 0 Å². The lowest BCUT2D eigenvalue weighted by atomic mass is 9.66. The summed E-state index contributed by atoms with van der Waals surface area (Å²) >= 11 is 0. The number of aryl methyl sites for hydroxylation is 1. The molecule has 3 N–H and O–H groups in total. The highest BCUT2D eigenvalue weighted by atomic mass is 16.2. The Labute approximate surface area is 254 Å². The highest BCUT2D eigenvalue weighted by molar-refractivity contribution is 6.00. The molecule has 10 nitrogen and oxygen atoms in total. The molecule has 10 heteroatoms. The highest BCUT2D eigenvalue weighted by Gasteiger charge is 2.54. The largest absolute Gasteiger partial charge is 0.353 e. The van der Waals surface area contributed by atoms with E-state index in [4.69, 9.17) is 0 Å². The van der Waals surface area contributed by atoms with Crippen LogP contribution >= 0.6 is 0 Å². The Balaban J connectivity index is 1.21. The molecule has 4 fully saturated rings. The molecule has 2 aromatic rings. The number of likely N-dealkylation sites (tertiary alicyclic amines) is 1. The number of likely N-dealkylation sites (N-methyl/N-ethyl adjacent to an activating group) is 1. The Morgan fingerprint density at radius 2 is 1.70 bits per heavy atom. The van der Waals surface area contributed by atoms with E-state index in [9.17, 15) is 14.4 Å². The summed E-state index contributed by atoms with van der Waals surface area (Å²) < 4.78 is 1.53. The van der Waals surface area contributed by atoms with E-state index in [0.29, 0.717) is 29.9 Å². The van der Waals surface area contributed by atoms with Crippen LogP contribution in [0.4, 0.5) is 5.82 Å². The minimum Gasteiger partial charge on any atom is -0.353 e. The molecule has 0 radical (unpaired) electrons. The minimum absolute atomic E-state index is 0.0367. The number of amides is 3. The van der Waals surface area contributed by atoms with Crippen LogP contribution in [0.3, 0.4) is 0 Å². The van der Waals surface area contributed by atoms with Gasteiger partial charge in [0.15, 0.2) is 0 Å². The number of carbonyl (C=O) groups excluding carboxylic acids is 3. The molecule has 0 bridgehead atoms. The number of pyridine rings is 1. The summed E-state index contributed by atoms with van der Waals surface area (Å²) in [5.41, 5.74) is 0.657. The van der Waals surface area contributed by atoms with Crippen LogP contribution in [0.2, 0.25) is 0 Å². The summed E-state index contributed by atoms with van der Waals surface area (Å²) in [7, 11) is 3.77. The van der Waals surface area contributed by atoms with Crippen molar-refractivity contribution in [3.8, 4) is 0 Å². The zero-order chi connectivity index (χ0) is 30.4. The number of rotatable bonds is 11. The van der Waals surface area contributed by atoms with Crippen LogP contribution in [0.15, 0.2) is 30.6 Å². The van der Waals surface area contributed by atoms with E-state index >= 15 is 0 Å². The van der Waals surface area contributed by atoms with Gasteiger partial charge in [0, 0.05) is 32.0 Å². The molecule has 232 valence electrons. The molecule has 2 aromatic heterocycles. The number of hydrogen-bond donors (Lipinski definition) is 3. The molecule has 43 heavy (non-hydrogen) atoms. The van der Waals surface area contributed by atoms with Gasteiger partial charge >= 0.3 is 0 Å². The molecule has 0 aromatic carbocycles. The number of hydrogen-bond acceptors (Lipinski definition) is 6. The average Bonchev–Trinajstić information content (AvgIpc) is 3.30. The Bertz CT molecular complexity index is 1340. The van der Waals surface area contributed by atoms with Crippen molar-refractivity contribution in [2.45, 2.75) is 89.1 Å². The van der Waals surface area contributed by atoms with Crippen molar-refractivity contribution in [2.75, 3.05) is 25.5 Å². The van der Waals surface area contributed by atoms with Crippen molar-refractivity contribution in [1.82, 2.24) is 30.3 Å². The predicted molar refractivity (Wildman–Crippen MR) is 164 cm³/mol. The molecular formula is C33H47N7O3. The molecule has 1 aliphatic heterocycles. The molecule has 4 atom stereocenters. The van der Waals surface area contributed by atoms with E-state index in [0.717, 1.165) is 50.6 Å². The first-order valence-electron chi connectivity index (χ1n) is 16.2. The van der Waals surface area contributed by atoms with Gasteiger partial charge in [-0.05, 0) is 93.5 Å². The van der Waals surface area contributed by atoms with Gasteiger partial charge in [0.2, 0.25) is 11.8 Å². The second-order valence-corrected chi connectivity index (χ2v) is 14.1. The standard InChI is InChI=1S/C33H47N7O3/c1-21(22-7-5-8-22)36-31(43)33(16-18-39(3)20-33)24-11-12-26(34-19-24)37-30(42)28(38-29(41)25-13-17-35-40(25)4)27(23-9-6-10-23)32(2)14-15-32/h11-13,17,19,21-23,27-28H,5-10,14-16,18,20H2,1-4H3,(H,36,43)(H,38,41)(H,34,37,42)/t21?,27?,28-,33?/m0/s1. The second kappa shape index (κ2) is 11.7. The third-order valence-corrected chi connectivity index (χ3v) is 11.2. The fourth-order valence-corrected chi connectivity index (χ4v) is 7.61. The van der Waals surface area contributed by atoms with E-state index in [-0.39, 0.29) is 35.1 Å². The SMILES string of the molecule is CC(NC(=O)C1(c2ccc(NC(=O)[C@@H](NC(=O)c3ccnn3C)C(C3CCC3)C3(C)CC3)nc2)CCN(C)C1)C1CCC1. The summed E-state index contributed by atoms with van der Waals surface area (Å²) in [6.45, 7) is 5.83. The van der Waals surface area contributed by atoms with Gasteiger partial charge in [-0.2, -0.15) is 5.10 Å². The summed E-state index contributed by atoms with van der Waals surface area (Å²) in [4.78, 5) is 47.9. The summed E-state index contributed by atoms with van der Waals surface area (Å²) in [5, 5.41) is 13.6. The second-order valence-electron chi connectivity index (χ2n) is 14.1. The molecule has 3 aliphatic carbocycles. The first-order chi connectivity index (χ1) is 20.6. The van der Waals surface area contributed by atoms with Crippen LogP contribution in [0.5, 0.6) is 0 Å². The van der Waals surface area contributed by atoms with E-state index in [2.05, 4.69) is 44.8 Å². The van der Waals surface area contributed by atoms with Crippen molar-refractivity contribution < 1.29 is 14.4 Å². The van der Waals surface area contributed by atoms with Gasteiger partial charge in [0.1, 0.15) is 17.6 Å². The van der Waals surface area contributed by atoms with Gasteiger partial charge < -0.3 is 20.9 Å². The quantitative estimate of drug-likeness (QED) is 0.368. The Morgan fingerprint density at radius 3 is 2.21 bits per heavy atom. The van der Waals surface area contributed by atoms with E-state index in [1.165, 1.54) is 23.9 Å². The van der Waals surface area contributed by atoms with Crippen molar-refractivity contribution >= 4 is 23.5 Å². The van der Waals surface area contributed by atoms with E-state index in [1.54, 1.807) is 31.6 Å². The van der Waals surface area contributed by atoms with Crippen LogP contribution < -0.4 is 16.0 Å². The predicted octanol–water partition coefficient (Wildman–Crippen LogP) is 3.65. The fourth-order valence-electron chi connectivity index (χ4n) is 7.61. The third kappa shape index (κ3) is 5.82. The molecule has 1 saturated heterocycles. The van der Waals surface area contributed by atoms with Gasteiger partial charge in [-0.3, -0.25) is 19.1 Å². The van der Waals surface area contributed by atoms with E-state index < -0.39 is 11.5 Å². The van der Waals surface area contributed by atoms with Crippen molar-refractivity contribution in [2.24, 2.45) is 30.2 Å². The summed E-state index contributed by atoms with van der Waals surface area (Å²) in [5.74, 6) is 0.959. The lowest BCUT2D eigenvalue weighted by molar-refractivity contribution is -0.127. The number of carbonyl (C=O) groups is 3. The van der Waals surface area contributed by atoms with Crippen LogP contribution in [-0.2, 0) is 22.1 Å². The van der Waals surface area contributed by atoms with Crippen LogP contribution in [0.25, 0.3) is 0 Å². The number of nitrogens with zero attached hydrogens (tertiary/aromatic N) is 4.